The minimum atomic E-state index is -0.735. The molecule has 0 spiro atoms. The number of ether oxygens (including phenoxy) is 2. The van der Waals surface area contributed by atoms with E-state index in [0.29, 0.717) is 46.3 Å². The van der Waals surface area contributed by atoms with E-state index in [0.717, 1.165) is 0 Å². The molecule has 1 aromatic heterocycles. The molecule has 0 fully saturated rings. The van der Waals surface area contributed by atoms with Crippen molar-refractivity contribution in [2.75, 3.05) is 6.61 Å². The number of nitrogens with one attached hydrogen (secondary N) is 1. The first kappa shape index (κ1) is 22.1. The number of carbonyl (C=O) groups excluding carboxylic acids is 1. The molecule has 1 aliphatic heterocycles. The standard InChI is InChI=1S/C23H25FN4O3S/c1-15(2)12-28-21(26-27-23(28)32-14-16-7-3-4-8-17(16)24)11-25-22(29)20-13-30-18-9-5-6-10-19(18)31-20/h3-10,15,20H,11-14H2,1-2H3,(H,25,29)/t20-/m0/s1. The summed E-state index contributed by atoms with van der Waals surface area (Å²) in [6, 6.07) is 14.0. The van der Waals surface area contributed by atoms with Crippen LogP contribution in [0.1, 0.15) is 25.2 Å². The Morgan fingerprint density at radius 2 is 1.94 bits per heavy atom. The summed E-state index contributed by atoms with van der Waals surface area (Å²) in [6.45, 7) is 5.23. The minimum Gasteiger partial charge on any atom is -0.485 e. The van der Waals surface area contributed by atoms with Crippen molar-refractivity contribution in [1.82, 2.24) is 20.1 Å². The molecule has 1 atom stereocenters. The highest BCUT2D eigenvalue weighted by Gasteiger charge is 2.27. The number of benzene rings is 2. The van der Waals surface area contributed by atoms with Gasteiger partial charge < -0.3 is 19.4 Å². The Morgan fingerprint density at radius 1 is 1.19 bits per heavy atom. The second kappa shape index (κ2) is 10.0. The average Bonchev–Trinajstić information content (AvgIpc) is 3.17. The number of carbonyl (C=O) groups is 1. The molecule has 0 unspecified atom stereocenters. The van der Waals surface area contributed by atoms with E-state index in [1.165, 1.54) is 17.8 Å². The van der Waals surface area contributed by atoms with Gasteiger partial charge in [-0.05, 0) is 29.7 Å². The van der Waals surface area contributed by atoms with E-state index in [1.54, 1.807) is 24.3 Å². The van der Waals surface area contributed by atoms with Crippen LogP contribution in [0, 0.1) is 11.7 Å². The van der Waals surface area contributed by atoms with Crippen LogP contribution in [0.5, 0.6) is 11.5 Å². The van der Waals surface area contributed by atoms with E-state index in [1.807, 2.05) is 22.8 Å². The lowest BCUT2D eigenvalue weighted by Crippen LogP contribution is -2.44. The number of hydrogen-bond acceptors (Lipinski definition) is 6. The van der Waals surface area contributed by atoms with Gasteiger partial charge in [0.15, 0.2) is 22.5 Å². The first-order chi connectivity index (χ1) is 15.5. The lowest BCUT2D eigenvalue weighted by Gasteiger charge is -2.25. The molecule has 0 saturated heterocycles. The third-order valence-corrected chi connectivity index (χ3v) is 5.89. The molecule has 0 radical (unpaired) electrons. The van der Waals surface area contributed by atoms with Gasteiger partial charge in [-0.1, -0.05) is 55.9 Å². The normalized spacial score (nSPS) is 15.1. The maximum absolute atomic E-state index is 14.0. The molecular weight excluding hydrogens is 431 g/mol. The summed E-state index contributed by atoms with van der Waals surface area (Å²) in [5, 5.41) is 12.1. The zero-order valence-electron chi connectivity index (χ0n) is 18.0. The van der Waals surface area contributed by atoms with Crippen LogP contribution in [0.25, 0.3) is 0 Å². The van der Waals surface area contributed by atoms with Crippen LogP contribution >= 0.6 is 11.8 Å². The molecule has 1 amide bonds. The predicted molar refractivity (Wildman–Crippen MR) is 119 cm³/mol. The van der Waals surface area contributed by atoms with Gasteiger partial charge in [0.1, 0.15) is 12.4 Å². The van der Waals surface area contributed by atoms with Gasteiger partial charge in [-0.3, -0.25) is 4.79 Å². The molecule has 1 N–H and O–H groups in total. The lowest BCUT2D eigenvalue weighted by atomic mass is 10.2. The summed E-state index contributed by atoms with van der Waals surface area (Å²) in [5.41, 5.74) is 0.612. The second-order valence-corrected chi connectivity index (χ2v) is 8.81. The summed E-state index contributed by atoms with van der Waals surface area (Å²) in [7, 11) is 0. The highest BCUT2D eigenvalue weighted by molar-refractivity contribution is 7.98. The smallest absolute Gasteiger partial charge is 0.265 e. The molecule has 32 heavy (non-hydrogen) atoms. The van der Waals surface area contributed by atoms with Crippen LogP contribution in [0.3, 0.4) is 0 Å². The third-order valence-electron chi connectivity index (χ3n) is 4.88. The van der Waals surface area contributed by atoms with Gasteiger partial charge in [0, 0.05) is 12.3 Å². The van der Waals surface area contributed by atoms with Gasteiger partial charge in [-0.2, -0.15) is 0 Å². The van der Waals surface area contributed by atoms with Crippen LogP contribution in [0.4, 0.5) is 4.39 Å². The fraction of sp³-hybridized carbons (Fsp3) is 0.348. The zero-order valence-corrected chi connectivity index (χ0v) is 18.8. The Balaban J connectivity index is 1.40. The van der Waals surface area contributed by atoms with Gasteiger partial charge >= 0.3 is 0 Å². The van der Waals surface area contributed by atoms with E-state index < -0.39 is 6.10 Å². The van der Waals surface area contributed by atoms with E-state index >= 15 is 0 Å². The fourth-order valence-electron chi connectivity index (χ4n) is 3.29. The Labute approximate surface area is 190 Å². The van der Waals surface area contributed by atoms with Gasteiger partial charge in [0.05, 0.1) is 6.54 Å². The van der Waals surface area contributed by atoms with Gasteiger partial charge in [0.25, 0.3) is 5.91 Å². The van der Waals surface area contributed by atoms with Crippen molar-refractivity contribution in [3.63, 3.8) is 0 Å². The van der Waals surface area contributed by atoms with Crippen molar-refractivity contribution in [1.29, 1.82) is 0 Å². The van der Waals surface area contributed by atoms with Crippen molar-refractivity contribution in [3.8, 4) is 11.5 Å². The Morgan fingerprint density at radius 3 is 2.72 bits per heavy atom. The highest BCUT2D eigenvalue weighted by Crippen LogP contribution is 2.31. The Kier molecular flexibility index (Phi) is 6.94. The number of rotatable bonds is 8. The van der Waals surface area contributed by atoms with Crippen molar-refractivity contribution < 1.29 is 18.7 Å². The van der Waals surface area contributed by atoms with Crippen LogP contribution in [0.15, 0.2) is 53.7 Å². The molecule has 4 rings (SSSR count). The maximum atomic E-state index is 14.0. The minimum absolute atomic E-state index is 0.144. The molecular formula is C23H25FN4O3S. The molecule has 0 saturated carbocycles. The van der Waals surface area contributed by atoms with E-state index in [-0.39, 0.29) is 24.9 Å². The summed E-state index contributed by atoms with van der Waals surface area (Å²) in [4.78, 5) is 12.6. The lowest BCUT2D eigenvalue weighted by molar-refractivity contribution is -0.130. The van der Waals surface area contributed by atoms with E-state index in [2.05, 4.69) is 29.4 Å². The van der Waals surface area contributed by atoms with Crippen LogP contribution in [0.2, 0.25) is 0 Å². The number of aromatic nitrogens is 3. The molecule has 0 aliphatic carbocycles. The SMILES string of the molecule is CC(C)Cn1c(CNC(=O)[C@@H]2COc3ccccc3O2)nnc1SCc1ccccc1F. The molecule has 9 heteroatoms. The first-order valence-electron chi connectivity index (χ1n) is 10.5. The van der Waals surface area contributed by atoms with Crippen molar-refractivity contribution in [2.24, 2.45) is 5.92 Å². The van der Waals surface area contributed by atoms with E-state index in [4.69, 9.17) is 9.47 Å². The quantitative estimate of drug-likeness (QED) is 0.519. The van der Waals surface area contributed by atoms with Crippen LogP contribution < -0.4 is 14.8 Å². The monoisotopic (exact) mass is 456 g/mol. The third kappa shape index (κ3) is 5.21. The second-order valence-electron chi connectivity index (χ2n) is 7.87. The zero-order chi connectivity index (χ0) is 22.5. The molecule has 2 aromatic carbocycles. The number of para-hydroxylation sites is 2. The number of halogens is 1. The first-order valence-corrected chi connectivity index (χ1v) is 11.4. The van der Waals surface area contributed by atoms with Crippen molar-refractivity contribution in [3.05, 3.63) is 65.7 Å². The highest BCUT2D eigenvalue weighted by atomic mass is 32.2. The Bertz CT molecular complexity index is 1090. The molecule has 2 heterocycles. The number of nitrogens with zero attached hydrogens (tertiary/aromatic N) is 3. The van der Waals surface area contributed by atoms with Gasteiger partial charge in [-0.25, -0.2) is 4.39 Å². The molecule has 3 aromatic rings. The molecule has 168 valence electrons. The van der Waals surface area contributed by atoms with Crippen molar-refractivity contribution >= 4 is 17.7 Å². The fourth-order valence-corrected chi connectivity index (χ4v) is 4.24. The van der Waals surface area contributed by atoms with Gasteiger partial charge in [-0.15, -0.1) is 10.2 Å². The average molecular weight is 457 g/mol. The Hall–Kier alpha value is -3.07. The number of thioether (sulfide) groups is 1. The summed E-state index contributed by atoms with van der Waals surface area (Å²) in [6.07, 6.45) is -0.735. The van der Waals surface area contributed by atoms with Crippen LogP contribution in [-0.2, 0) is 23.6 Å². The number of hydrogen-bond donors (Lipinski definition) is 1. The molecule has 0 bridgehead atoms. The number of amides is 1. The maximum Gasteiger partial charge on any atom is 0.265 e. The largest absolute Gasteiger partial charge is 0.485 e. The molecule has 7 nitrogen and oxygen atoms in total. The van der Waals surface area contributed by atoms with Crippen molar-refractivity contribution in [2.45, 2.75) is 44.0 Å². The molecule has 1 aliphatic rings. The summed E-state index contributed by atoms with van der Waals surface area (Å²) in [5.74, 6) is 2.10. The summed E-state index contributed by atoms with van der Waals surface area (Å²) >= 11 is 1.42. The number of fused-ring (bicyclic) bond motifs is 1. The summed E-state index contributed by atoms with van der Waals surface area (Å²) < 4.78 is 27.3. The topological polar surface area (TPSA) is 78.3 Å². The van der Waals surface area contributed by atoms with E-state index in [9.17, 15) is 9.18 Å². The van der Waals surface area contributed by atoms with Gasteiger partial charge in [0.2, 0.25) is 6.10 Å². The van der Waals surface area contributed by atoms with Crippen LogP contribution in [-0.4, -0.2) is 33.4 Å². The predicted octanol–water partition coefficient (Wildman–Crippen LogP) is 3.82.